The minimum absolute atomic E-state index is 0.128. The number of aromatic nitrogens is 2. The zero-order chi connectivity index (χ0) is 14.0. The van der Waals surface area contributed by atoms with Crippen molar-refractivity contribution in [3.63, 3.8) is 0 Å². The molecule has 1 aromatic carbocycles. The summed E-state index contributed by atoms with van der Waals surface area (Å²) in [5.41, 5.74) is 0. The maximum absolute atomic E-state index is 12.1. The summed E-state index contributed by atoms with van der Waals surface area (Å²) in [5, 5.41) is 8.54. The Morgan fingerprint density at radius 2 is 2.00 bits per heavy atom. The average Bonchev–Trinajstić information content (AvgIpc) is 2.66. The number of ether oxygens (including phenoxy) is 2. The lowest BCUT2D eigenvalue weighted by atomic mass is 10.3. The number of benzene rings is 1. The highest BCUT2D eigenvalue weighted by molar-refractivity contribution is 9.10. The molecule has 0 aliphatic rings. The van der Waals surface area contributed by atoms with Crippen LogP contribution in [0.3, 0.4) is 0 Å². The Hall–Kier alpha value is -1.35. The predicted octanol–water partition coefficient (Wildman–Crippen LogP) is 4.30. The van der Waals surface area contributed by atoms with Crippen molar-refractivity contribution in [3.8, 4) is 16.7 Å². The van der Waals surface area contributed by atoms with E-state index in [-0.39, 0.29) is 10.2 Å². The first-order valence-corrected chi connectivity index (χ1v) is 6.48. The summed E-state index contributed by atoms with van der Waals surface area (Å²) in [6, 6.07) is 3.86. The maximum Gasteiger partial charge on any atom is 0.573 e. The van der Waals surface area contributed by atoms with Gasteiger partial charge in [0.05, 0.1) is 4.47 Å². The van der Waals surface area contributed by atoms with Gasteiger partial charge >= 0.3 is 6.36 Å². The van der Waals surface area contributed by atoms with Crippen molar-refractivity contribution in [2.75, 3.05) is 0 Å². The van der Waals surface area contributed by atoms with Gasteiger partial charge in [-0.15, -0.1) is 18.3 Å². The summed E-state index contributed by atoms with van der Waals surface area (Å²) in [6.07, 6.45) is -4.73. The molecule has 0 unspecified atom stereocenters. The van der Waals surface area contributed by atoms with Crippen LogP contribution >= 0.6 is 27.3 Å². The molecule has 1 heterocycles. The van der Waals surface area contributed by atoms with Gasteiger partial charge in [0.1, 0.15) is 16.5 Å². The molecule has 0 radical (unpaired) electrons. The number of hydrogen-bond acceptors (Lipinski definition) is 5. The van der Waals surface area contributed by atoms with Crippen molar-refractivity contribution in [3.05, 3.63) is 27.7 Å². The zero-order valence-electron chi connectivity index (χ0n) is 9.36. The summed E-state index contributed by atoms with van der Waals surface area (Å²) < 4.78 is 45.5. The van der Waals surface area contributed by atoms with Gasteiger partial charge in [-0.3, -0.25) is 0 Å². The summed E-state index contributed by atoms with van der Waals surface area (Å²) in [7, 11) is 0. The van der Waals surface area contributed by atoms with E-state index in [1.165, 1.54) is 23.5 Å². The molecule has 4 nitrogen and oxygen atoms in total. The molecular formula is C10H6BrF3N2O2S. The third-order valence-corrected chi connectivity index (χ3v) is 3.18. The van der Waals surface area contributed by atoms with Crippen LogP contribution in [0.15, 0.2) is 22.7 Å². The lowest BCUT2D eigenvalue weighted by molar-refractivity contribution is -0.274. The van der Waals surface area contributed by atoms with Crippen LogP contribution in [0.4, 0.5) is 13.2 Å². The van der Waals surface area contributed by atoms with Gasteiger partial charge < -0.3 is 9.47 Å². The van der Waals surface area contributed by atoms with Crippen LogP contribution in [-0.2, 0) is 0 Å². The number of aryl methyl sites for hydroxylation is 1. The van der Waals surface area contributed by atoms with Gasteiger partial charge in [-0.05, 0) is 41.1 Å². The van der Waals surface area contributed by atoms with Crippen LogP contribution in [0.25, 0.3) is 0 Å². The molecule has 0 saturated heterocycles. The number of rotatable bonds is 3. The topological polar surface area (TPSA) is 44.2 Å². The van der Waals surface area contributed by atoms with E-state index < -0.39 is 6.36 Å². The molecule has 0 N–H and O–H groups in total. The Morgan fingerprint density at radius 3 is 2.53 bits per heavy atom. The van der Waals surface area contributed by atoms with Crippen LogP contribution < -0.4 is 9.47 Å². The van der Waals surface area contributed by atoms with E-state index in [2.05, 4.69) is 30.9 Å². The summed E-state index contributed by atoms with van der Waals surface area (Å²) in [4.78, 5) is 0. The van der Waals surface area contributed by atoms with Crippen molar-refractivity contribution in [2.24, 2.45) is 0 Å². The summed E-state index contributed by atoms with van der Waals surface area (Å²) >= 11 is 4.21. The van der Waals surface area contributed by atoms with Gasteiger partial charge in [0.2, 0.25) is 0 Å². The highest BCUT2D eigenvalue weighted by Crippen LogP contribution is 2.35. The maximum atomic E-state index is 12.1. The fourth-order valence-electron chi connectivity index (χ4n) is 1.17. The second-order valence-corrected chi connectivity index (χ2v) is 5.33. The molecule has 102 valence electrons. The van der Waals surface area contributed by atoms with Gasteiger partial charge in [-0.25, -0.2) is 0 Å². The Kier molecular flexibility index (Phi) is 3.95. The lowest BCUT2D eigenvalue weighted by Gasteiger charge is -2.11. The first-order valence-electron chi connectivity index (χ1n) is 4.87. The minimum atomic E-state index is -4.73. The molecule has 0 spiro atoms. The monoisotopic (exact) mass is 354 g/mol. The molecule has 0 aliphatic heterocycles. The highest BCUT2D eigenvalue weighted by atomic mass is 79.9. The van der Waals surface area contributed by atoms with Gasteiger partial charge in [0.15, 0.2) is 0 Å². The molecule has 2 aromatic rings. The number of halogens is 4. The first kappa shape index (κ1) is 14.1. The van der Waals surface area contributed by atoms with E-state index >= 15 is 0 Å². The van der Waals surface area contributed by atoms with Gasteiger partial charge in [0, 0.05) is 0 Å². The van der Waals surface area contributed by atoms with Crippen LogP contribution in [0.5, 0.6) is 16.7 Å². The molecule has 0 amide bonds. The number of nitrogens with zero attached hydrogens (tertiary/aromatic N) is 2. The van der Waals surface area contributed by atoms with Crippen LogP contribution in [0, 0.1) is 6.92 Å². The average molecular weight is 355 g/mol. The quantitative estimate of drug-likeness (QED) is 0.824. The molecule has 0 atom stereocenters. The molecule has 0 fully saturated rings. The number of hydrogen-bond donors (Lipinski definition) is 0. The van der Waals surface area contributed by atoms with E-state index in [9.17, 15) is 13.2 Å². The van der Waals surface area contributed by atoms with E-state index in [1.807, 2.05) is 0 Å². The Balaban J connectivity index is 2.14. The fraction of sp³-hybridized carbons (Fsp3) is 0.200. The second-order valence-electron chi connectivity index (χ2n) is 3.33. The van der Waals surface area contributed by atoms with Crippen LogP contribution in [-0.4, -0.2) is 16.6 Å². The van der Waals surface area contributed by atoms with Crippen molar-refractivity contribution in [2.45, 2.75) is 13.3 Å². The van der Waals surface area contributed by atoms with Crippen molar-refractivity contribution in [1.29, 1.82) is 0 Å². The zero-order valence-corrected chi connectivity index (χ0v) is 11.8. The van der Waals surface area contributed by atoms with Crippen LogP contribution in [0.1, 0.15) is 5.01 Å². The Labute approximate surface area is 118 Å². The molecule has 0 bridgehead atoms. The SMILES string of the molecule is Cc1nnc(Oc2ccc(OC(F)(F)F)c(Br)c2)s1. The minimum Gasteiger partial charge on any atom is -0.430 e. The molecule has 0 aliphatic carbocycles. The molecular weight excluding hydrogens is 349 g/mol. The van der Waals surface area contributed by atoms with Gasteiger partial charge in [-0.2, -0.15) is 0 Å². The predicted molar refractivity (Wildman–Crippen MR) is 65.5 cm³/mol. The normalized spacial score (nSPS) is 11.4. The van der Waals surface area contributed by atoms with E-state index in [0.29, 0.717) is 10.9 Å². The fourth-order valence-corrected chi connectivity index (χ4v) is 2.17. The third kappa shape index (κ3) is 4.06. The van der Waals surface area contributed by atoms with E-state index in [4.69, 9.17) is 4.74 Å². The smallest absolute Gasteiger partial charge is 0.430 e. The van der Waals surface area contributed by atoms with Gasteiger partial charge in [-0.1, -0.05) is 16.4 Å². The molecule has 19 heavy (non-hydrogen) atoms. The second kappa shape index (κ2) is 5.33. The van der Waals surface area contributed by atoms with Crippen molar-refractivity contribution < 1.29 is 22.6 Å². The first-order chi connectivity index (χ1) is 8.83. The van der Waals surface area contributed by atoms with Crippen molar-refractivity contribution in [1.82, 2.24) is 10.2 Å². The largest absolute Gasteiger partial charge is 0.573 e. The third-order valence-electron chi connectivity index (χ3n) is 1.84. The van der Waals surface area contributed by atoms with Crippen LogP contribution in [0.2, 0.25) is 0 Å². The number of alkyl halides is 3. The van der Waals surface area contributed by atoms with E-state index in [0.717, 1.165) is 11.1 Å². The van der Waals surface area contributed by atoms with E-state index in [1.54, 1.807) is 6.92 Å². The summed E-state index contributed by atoms with van der Waals surface area (Å²) in [5.74, 6) is -0.00848. The molecule has 9 heteroatoms. The Bertz CT molecular complexity index is 588. The standard InChI is InChI=1S/C10H6BrF3N2O2S/c1-5-15-16-9(19-5)17-6-2-3-8(7(11)4-6)18-10(12,13)14/h2-4H,1H3. The molecule has 1 aromatic heterocycles. The van der Waals surface area contributed by atoms with Crippen molar-refractivity contribution >= 4 is 27.3 Å². The highest BCUT2D eigenvalue weighted by Gasteiger charge is 2.32. The Morgan fingerprint density at radius 1 is 1.26 bits per heavy atom. The lowest BCUT2D eigenvalue weighted by Crippen LogP contribution is -2.17. The molecule has 0 saturated carbocycles. The molecule has 2 rings (SSSR count). The summed E-state index contributed by atoms with van der Waals surface area (Å²) in [6.45, 7) is 1.76. The van der Waals surface area contributed by atoms with Gasteiger partial charge in [0.25, 0.3) is 5.19 Å².